The number of nitrogens with one attached hydrogen (secondary N) is 1. The van der Waals surface area contributed by atoms with Crippen molar-refractivity contribution in [3.05, 3.63) is 45.6 Å². The first kappa shape index (κ1) is 14.9. The topological polar surface area (TPSA) is 52.9 Å². The SMILES string of the molecule is CC(=O)C1=C(C)NC(=S)[C@@H](C#N)[C@H]1c1ccc(Br)cc1. The molecule has 1 aromatic carbocycles. The number of halogens is 1. The summed E-state index contributed by atoms with van der Waals surface area (Å²) in [6.45, 7) is 3.34. The summed E-state index contributed by atoms with van der Waals surface area (Å²) in [6.07, 6.45) is 0. The molecule has 1 N–H and O–H groups in total. The molecule has 0 aliphatic carbocycles. The summed E-state index contributed by atoms with van der Waals surface area (Å²) in [5.74, 6) is -0.862. The molecule has 102 valence electrons. The lowest BCUT2D eigenvalue weighted by molar-refractivity contribution is -0.114. The standard InChI is InChI=1S/C15H13BrN2OS/c1-8-13(9(2)19)14(12(7-17)15(20)18-8)10-3-5-11(16)6-4-10/h3-6,12,14H,1-2H3,(H,18,20)/t12-,14+/m0/s1. The van der Waals surface area contributed by atoms with Crippen molar-refractivity contribution in [2.24, 2.45) is 5.92 Å². The molecule has 0 saturated heterocycles. The molecule has 3 nitrogen and oxygen atoms in total. The molecule has 1 aliphatic rings. The van der Waals surface area contributed by atoms with Crippen LogP contribution in [0.2, 0.25) is 0 Å². The highest BCUT2D eigenvalue weighted by Gasteiger charge is 2.37. The molecule has 1 heterocycles. The van der Waals surface area contributed by atoms with E-state index in [1.165, 1.54) is 6.92 Å². The van der Waals surface area contributed by atoms with Crippen LogP contribution in [-0.4, -0.2) is 10.8 Å². The maximum atomic E-state index is 12.0. The van der Waals surface area contributed by atoms with E-state index < -0.39 is 5.92 Å². The minimum atomic E-state index is -0.520. The van der Waals surface area contributed by atoms with Crippen LogP contribution < -0.4 is 5.32 Å². The second-order valence-corrected chi connectivity index (χ2v) is 6.08. The Morgan fingerprint density at radius 1 is 1.40 bits per heavy atom. The minimum absolute atomic E-state index is 0.0364. The van der Waals surface area contributed by atoms with E-state index in [0.29, 0.717) is 10.6 Å². The number of nitriles is 1. The number of ketones is 1. The maximum absolute atomic E-state index is 12.0. The van der Waals surface area contributed by atoms with E-state index in [1.54, 1.807) is 0 Å². The number of hydrogen-bond donors (Lipinski definition) is 1. The first-order chi connectivity index (χ1) is 9.45. The number of nitrogens with zero attached hydrogens (tertiary/aromatic N) is 1. The second kappa shape index (κ2) is 5.86. The average Bonchev–Trinajstić information content (AvgIpc) is 2.38. The Balaban J connectivity index is 2.61. The fourth-order valence-corrected chi connectivity index (χ4v) is 3.13. The number of allylic oxidation sites excluding steroid dienone is 2. The molecule has 2 atom stereocenters. The van der Waals surface area contributed by atoms with Crippen LogP contribution >= 0.6 is 28.1 Å². The van der Waals surface area contributed by atoms with Crippen molar-refractivity contribution >= 4 is 38.9 Å². The Morgan fingerprint density at radius 3 is 2.50 bits per heavy atom. The first-order valence-corrected chi connectivity index (χ1v) is 7.33. The number of hydrogen-bond acceptors (Lipinski definition) is 3. The van der Waals surface area contributed by atoms with Gasteiger partial charge < -0.3 is 5.32 Å². The molecule has 5 heteroatoms. The molecule has 0 fully saturated rings. The van der Waals surface area contributed by atoms with Crippen molar-refractivity contribution in [3.8, 4) is 6.07 Å². The van der Waals surface area contributed by atoms with Crippen molar-refractivity contribution in [1.82, 2.24) is 5.32 Å². The van der Waals surface area contributed by atoms with Gasteiger partial charge in [0.05, 0.1) is 11.1 Å². The largest absolute Gasteiger partial charge is 0.352 e. The van der Waals surface area contributed by atoms with Gasteiger partial charge in [-0.2, -0.15) is 5.26 Å². The highest BCUT2D eigenvalue weighted by Crippen LogP contribution is 2.37. The van der Waals surface area contributed by atoms with E-state index in [1.807, 2.05) is 31.2 Å². The molecule has 0 spiro atoms. The lowest BCUT2D eigenvalue weighted by Crippen LogP contribution is -2.39. The third kappa shape index (κ3) is 2.67. The number of thiocarbonyl (C=S) groups is 1. The first-order valence-electron chi connectivity index (χ1n) is 6.13. The summed E-state index contributed by atoms with van der Waals surface area (Å²) < 4.78 is 0.955. The van der Waals surface area contributed by atoms with E-state index in [2.05, 4.69) is 27.3 Å². The van der Waals surface area contributed by atoms with Gasteiger partial charge in [-0.15, -0.1) is 0 Å². The zero-order valence-electron chi connectivity index (χ0n) is 11.1. The average molecular weight is 349 g/mol. The minimum Gasteiger partial charge on any atom is -0.352 e. The molecular formula is C15H13BrN2OS. The van der Waals surface area contributed by atoms with Gasteiger partial charge >= 0.3 is 0 Å². The van der Waals surface area contributed by atoms with Gasteiger partial charge in [-0.1, -0.05) is 40.3 Å². The third-order valence-corrected chi connectivity index (χ3v) is 4.27. The molecular weight excluding hydrogens is 336 g/mol. The smallest absolute Gasteiger partial charge is 0.158 e. The Labute approximate surface area is 131 Å². The molecule has 0 unspecified atom stereocenters. The monoisotopic (exact) mass is 348 g/mol. The van der Waals surface area contributed by atoms with Crippen LogP contribution in [0, 0.1) is 17.2 Å². The van der Waals surface area contributed by atoms with Gasteiger partial charge in [0.25, 0.3) is 0 Å². The lowest BCUT2D eigenvalue weighted by Gasteiger charge is -2.32. The van der Waals surface area contributed by atoms with Gasteiger partial charge in [0.2, 0.25) is 0 Å². The number of rotatable bonds is 2. The number of Topliss-reactive ketones (excluding diaryl/α,β-unsaturated/α-hetero) is 1. The van der Waals surface area contributed by atoms with Crippen LogP contribution in [0.4, 0.5) is 0 Å². The summed E-state index contributed by atoms with van der Waals surface area (Å²) >= 11 is 8.64. The van der Waals surface area contributed by atoms with Crippen molar-refractivity contribution in [2.45, 2.75) is 19.8 Å². The van der Waals surface area contributed by atoms with E-state index in [4.69, 9.17) is 12.2 Å². The second-order valence-electron chi connectivity index (χ2n) is 4.72. The van der Waals surface area contributed by atoms with Crippen molar-refractivity contribution in [3.63, 3.8) is 0 Å². The van der Waals surface area contributed by atoms with Crippen LogP contribution in [0.5, 0.6) is 0 Å². The fraction of sp³-hybridized carbons (Fsp3) is 0.267. The molecule has 0 saturated carbocycles. The quantitative estimate of drug-likeness (QED) is 0.831. The summed E-state index contributed by atoms with van der Waals surface area (Å²) in [7, 11) is 0. The highest BCUT2D eigenvalue weighted by atomic mass is 79.9. The van der Waals surface area contributed by atoms with E-state index in [0.717, 1.165) is 15.7 Å². The summed E-state index contributed by atoms with van der Waals surface area (Å²) in [6, 6.07) is 9.87. The van der Waals surface area contributed by atoms with Gasteiger partial charge in [0.1, 0.15) is 5.92 Å². The van der Waals surface area contributed by atoms with Crippen molar-refractivity contribution in [2.75, 3.05) is 0 Å². The van der Waals surface area contributed by atoms with Crippen LogP contribution in [0.25, 0.3) is 0 Å². The summed E-state index contributed by atoms with van der Waals surface area (Å²) in [5, 5.41) is 12.4. The van der Waals surface area contributed by atoms with E-state index >= 15 is 0 Å². The molecule has 20 heavy (non-hydrogen) atoms. The van der Waals surface area contributed by atoms with Crippen molar-refractivity contribution in [1.29, 1.82) is 5.26 Å². The van der Waals surface area contributed by atoms with Crippen LogP contribution in [0.1, 0.15) is 25.3 Å². The summed E-state index contributed by atoms with van der Waals surface area (Å²) in [4.78, 5) is 12.4. The van der Waals surface area contributed by atoms with Gasteiger partial charge in [0, 0.05) is 21.7 Å². The van der Waals surface area contributed by atoms with Crippen LogP contribution in [0.3, 0.4) is 0 Å². The predicted molar refractivity (Wildman–Crippen MR) is 85.1 cm³/mol. The predicted octanol–water partition coefficient (Wildman–Crippen LogP) is 3.47. The molecule has 1 aliphatic heterocycles. The van der Waals surface area contributed by atoms with Gasteiger partial charge in [-0.25, -0.2) is 0 Å². The van der Waals surface area contributed by atoms with Crippen molar-refractivity contribution < 1.29 is 4.79 Å². The zero-order valence-corrected chi connectivity index (χ0v) is 13.5. The lowest BCUT2D eigenvalue weighted by atomic mass is 9.76. The van der Waals surface area contributed by atoms with E-state index in [9.17, 15) is 10.1 Å². The molecule has 0 radical (unpaired) electrons. The van der Waals surface area contributed by atoms with E-state index in [-0.39, 0.29) is 11.7 Å². The maximum Gasteiger partial charge on any atom is 0.158 e. The molecule has 2 rings (SSSR count). The highest BCUT2D eigenvalue weighted by molar-refractivity contribution is 9.10. The Hall–Kier alpha value is -1.51. The van der Waals surface area contributed by atoms with Gasteiger partial charge in [0.15, 0.2) is 5.78 Å². The normalized spacial score (nSPS) is 22.2. The molecule has 0 amide bonds. The molecule has 1 aromatic rings. The third-order valence-electron chi connectivity index (χ3n) is 3.39. The van der Waals surface area contributed by atoms with Gasteiger partial charge in [-0.3, -0.25) is 4.79 Å². The Kier molecular flexibility index (Phi) is 4.36. The number of benzene rings is 1. The van der Waals surface area contributed by atoms with Gasteiger partial charge in [-0.05, 0) is 31.5 Å². The molecule has 0 bridgehead atoms. The summed E-state index contributed by atoms with van der Waals surface area (Å²) in [5.41, 5.74) is 2.29. The Bertz CT molecular complexity index is 643. The number of carbonyl (C=O) groups excluding carboxylic acids is 1. The molecule has 0 aromatic heterocycles. The number of carbonyl (C=O) groups is 1. The van der Waals surface area contributed by atoms with Crippen LogP contribution in [0.15, 0.2) is 40.0 Å². The fourth-order valence-electron chi connectivity index (χ4n) is 2.53. The zero-order chi connectivity index (χ0) is 14.9. The Morgan fingerprint density at radius 2 is 2.00 bits per heavy atom. The van der Waals surface area contributed by atoms with Crippen LogP contribution in [-0.2, 0) is 4.79 Å².